The van der Waals surface area contributed by atoms with Gasteiger partial charge in [0.25, 0.3) is 0 Å². The van der Waals surface area contributed by atoms with E-state index in [1.54, 1.807) is 18.2 Å². The maximum absolute atomic E-state index is 11.3. The van der Waals surface area contributed by atoms with Crippen molar-refractivity contribution in [2.24, 2.45) is 0 Å². The molecule has 1 N–H and O–H groups in total. The van der Waals surface area contributed by atoms with E-state index in [-0.39, 0.29) is 5.69 Å². The van der Waals surface area contributed by atoms with E-state index >= 15 is 0 Å². The van der Waals surface area contributed by atoms with Crippen LogP contribution in [-0.4, -0.2) is 26.1 Å². The maximum Gasteiger partial charge on any atom is 0.358 e. The molecular weight excluding hydrogens is 346 g/mol. The lowest BCUT2D eigenvalue weighted by Crippen LogP contribution is -2.21. The van der Waals surface area contributed by atoms with Crippen LogP contribution in [0.3, 0.4) is 0 Å². The summed E-state index contributed by atoms with van der Waals surface area (Å²) < 4.78 is 2.31. The molecule has 5 nitrogen and oxygen atoms in total. The molecular formula is C13H13BrClN3O2. The number of hydrogen-bond donors (Lipinski definition) is 1. The summed E-state index contributed by atoms with van der Waals surface area (Å²) in [6.07, 6.45) is 0. The quantitative estimate of drug-likeness (QED) is 0.889. The van der Waals surface area contributed by atoms with Crippen LogP contribution in [0, 0.1) is 0 Å². The van der Waals surface area contributed by atoms with E-state index in [9.17, 15) is 9.90 Å². The van der Waals surface area contributed by atoms with Gasteiger partial charge in [0, 0.05) is 9.89 Å². The molecule has 0 radical (unpaired) electrons. The number of benzene rings is 1. The van der Waals surface area contributed by atoms with Crippen LogP contribution in [-0.2, 0) is 5.41 Å². The second-order valence-electron chi connectivity index (χ2n) is 5.35. The topological polar surface area (TPSA) is 68.0 Å². The highest BCUT2D eigenvalue weighted by molar-refractivity contribution is 9.10. The summed E-state index contributed by atoms with van der Waals surface area (Å²) in [6, 6.07) is 5.30. The summed E-state index contributed by atoms with van der Waals surface area (Å²) in [4.78, 5) is 11.3. The third-order valence-corrected chi connectivity index (χ3v) is 3.53. The number of nitrogens with zero attached hydrogens (tertiary/aromatic N) is 3. The van der Waals surface area contributed by atoms with E-state index in [4.69, 9.17) is 11.6 Å². The fourth-order valence-electron chi connectivity index (χ4n) is 1.92. The van der Waals surface area contributed by atoms with Crippen molar-refractivity contribution < 1.29 is 9.90 Å². The Hall–Kier alpha value is -1.40. The van der Waals surface area contributed by atoms with Crippen molar-refractivity contribution in [2.45, 2.75) is 26.2 Å². The van der Waals surface area contributed by atoms with Crippen molar-refractivity contribution in [1.82, 2.24) is 15.0 Å². The Kier molecular flexibility index (Phi) is 3.88. The minimum atomic E-state index is -1.10. The van der Waals surface area contributed by atoms with Gasteiger partial charge in [-0.3, -0.25) is 0 Å². The van der Waals surface area contributed by atoms with Crippen molar-refractivity contribution in [2.75, 3.05) is 0 Å². The Balaban J connectivity index is 2.75. The third kappa shape index (κ3) is 2.71. The van der Waals surface area contributed by atoms with Crippen LogP contribution < -0.4 is 0 Å². The van der Waals surface area contributed by atoms with Gasteiger partial charge in [-0.2, -0.15) is 0 Å². The van der Waals surface area contributed by atoms with E-state index in [2.05, 4.69) is 26.2 Å². The summed E-state index contributed by atoms with van der Waals surface area (Å²) in [6.45, 7) is 5.71. The van der Waals surface area contributed by atoms with Crippen LogP contribution >= 0.6 is 27.5 Å². The summed E-state index contributed by atoms with van der Waals surface area (Å²) in [5.41, 5.74) is 0.590. The lowest BCUT2D eigenvalue weighted by atomic mass is 9.90. The smallest absolute Gasteiger partial charge is 0.358 e. The molecule has 1 aromatic carbocycles. The number of carbonyl (C=O) groups is 1. The van der Waals surface area contributed by atoms with Gasteiger partial charge in [-0.1, -0.05) is 53.5 Å². The average Bonchev–Trinajstić information content (AvgIpc) is 2.76. The van der Waals surface area contributed by atoms with Gasteiger partial charge in [0.15, 0.2) is 5.69 Å². The highest BCUT2D eigenvalue weighted by Crippen LogP contribution is 2.31. The molecule has 0 bridgehead atoms. The molecule has 0 aliphatic carbocycles. The molecule has 0 amide bonds. The Bertz CT molecular complexity index is 677. The normalized spacial score (nSPS) is 11.7. The van der Waals surface area contributed by atoms with E-state index in [1.807, 2.05) is 20.8 Å². The van der Waals surface area contributed by atoms with Crippen LogP contribution in [0.5, 0.6) is 0 Å². The first-order valence-electron chi connectivity index (χ1n) is 5.86. The number of carboxylic acid groups (broad SMARTS) is 1. The Labute approximate surface area is 129 Å². The van der Waals surface area contributed by atoms with Gasteiger partial charge in [-0.25, -0.2) is 9.48 Å². The molecule has 1 aromatic heterocycles. The van der Waals surface area contributed by atoms with Crippen molar-refractivity contribution in [3.05, 3.63) is 39.1 Å². The highest BCUT2D eigenvalue weighted by atomic mass is 79.9. The van der Waals surface area contributed by atoms with Crippen molar-refractivity contribution >= 4 is 33.5 Å². The number of carboxylic acids is 1. The van der Waals surface area contributed by atoms with E-state index < -0.39 is 11.4 Å². The van der Waals surface area contributed by atoms with Gasteiger partial charge >= 0.3 is 5.97 Å². The highest BCUT2D eigenvalue weighted by Gasteiger charge is 2.30. The lowest BCUT2D eigenvalue weighted by molar-refractivity contribution is 0.0687. The fraction of sp³-hybridized carbons (Fsp3) is 0.308. The number of rotatable bonds is 2. The standard InChI is InChI=1S/C13H13BrClN3O2/c1-13(2,3)11-10(12(19)20)16-17-18(11)9-6-7(14)4-5-8(9)15/h4-6H,1-3H3,(H,19,20). The summed E-state index contributed by atoms with van der Waals surface area (Å²) in [7, 11) is 0. The number of halogens is 2. The van der Waals surface area contributed by atoms with E-state index in [1.165, 1.54) is 4.68 Å². The summed E-state index contributed by atoms with van der Waals surface area (Å²) in [5.74, 6) is -1.10. The third-order valence-electron chi connectivity index (χ3n) is 2.72. The van der Waals surface area contributed by atoms with Gasteiger partial charge < -0.3 is 5.11 Å². The maximum atomic E-state index is 11.3. The molecule has 106 valence electrons. The van der Waals surface area contributed by atoms with Crippen LogP contribution in [0.1, 0.15) is 37.0 Å². The van der Waals surface area contributed by atoms with Gasteiger partial charge in [0.05, 0.1) is 16.4 Å². The molecule has 0 atom stereocenters. The number of aromatic carboxylic acids is 1. The minimum Gasteiger partial charge on any atom is -0.476 e. The molecule has 2 rings (SSSR count). The van der Waals surface area contributed by atoms with Crippen molar-refractivity contribution in [3.63, 3.8) is 0 Å². The predicted molar refractivity (Wildman–Crippen MR) is 79.7 cm³/mol. The Morgan fingerprint density at radius 3 is 2.60 bits per heavy atom. The van der Waals surface area contributed by atoms with Gasteiger partial charge in [0.2, 0.25) is 0 Å². The van der Waals surface area contributed by atoms with Crippen LogP contribution in [0.4, 0.5) is 0 Å². The summed E-state index contributed by atoms with van der Waals surface area (Å²) in [5, 5.41) is 17.5. The number of aromatic nitrogens is 3. The minimum absolute atomic E-state index is 0.0615. The van der Waals surface area contributed by atoms with Crippen molar-refractivity contribution in [1.29, 1.82) is 0 Å². The SMILES string of the molecule is CC(C)(C)c1c(C(=O)O)nnn1-c1cc(Br)ccc1Cl. The molecule has 0 aliphatic heterocycles. The molecule has 7 heteroatoms. The molecule has 0 fully saturated rings. The molecule has 0 saturated heterocycles. The first kappa shape index (κ1) is 15.0. The Morgan fingerprint density at radius 2 is 2.05 bits per heavy atom. The Morgan fingerprint density at radius 1 is 1.40 bits per heavy atom. The zero-order valence-corrected chi connectivity index (χ0v) is 13.5. The first-order valence-corrected chi connectivity index (χ1v) is 7.04. The first-order chi connectivity index (χ1) is 9.21. The zero-order chi connectivity index (χ0) is 15.1. The fourth-order valence-corrected chi connectivity index (χ4v) is 2.46. The van der Waals surface area contributed by atoms with Gasteiger partial charge in [-0.05, 0) is 18.2 Å². The van der Waals surface area contributed by atoms with E-state index in [0.29, 0.717) is 16.4 Å². The average molecular weight is 359 g/mol. The second kappa shape index (κ2) is 5.18. The largest absolute Gasteiger partial charge is 0.476 e. The molecule has 0 saturated carbocycles. The van der Waals surface area contributed by atoms with E-state index in [0.717, 1.165) is 4.47 Å². The zero-order valence-electron chi connectivity index (χ0n) is 11.2. The monoisotopic (exact) mass is 357 g/mol. The van der Waals surface area contributed by atoms with Gasteiger partial charge in [-0.15, -0.1) is 5.10 Å². The predicted octanol–water partition coefficient (Wildman–Crippen LogP) is 3.68. The molecule has 2 aromatic rings. The number of hydrogen-bond acceptors (Lipinski definition) is 3. The van der Waals surface area contributed by atoms with Crippen LogP contribution in [0.15, 0.2) is 22.7 Å². The second-order valence-corrected chi connectivity index (χ2v) is 6.67. The molecule has 0 unspecified atom stereocenters. The van der Waals surface area contributed by atoms with Crippen molar-refractivity contribution in [3.8, 4) is 5.69 Å². The molecule has 20 heavy (non-hydrogen) atoms. The molecule has 1 heterocycles. The molecule has 0 aliphatic rings. The van der Waals surface area contributed by atoms with Crippen LogP contribution in [0.25, 0.3) is 5.69 Å². The lowest BCUT2D eigenvalue weighted by Gasteiger charge is -2.20. The van der Waals surface area contributed by atoms with Crippen LogP contribution in [0.2, 0.25) is 5.02 Å². The summed E-state index contributed by atoms with van der Waals surface area (Å²) >= 11 is 9.55. The molecule has 0 spiro atoms. The van der Waals surface area contributed by atoms with Gasteiger partial charge in [0.1, 0.15) is 0 Å².